The Kier molecular flexibility index (Phi) is 5.78. The van der Waals surface area contributed by atoms with Crippen LogP contribution >= 0.6 is 0 Å². The number of aromatic nitrogens is 5. The van der Waals surface area contributed by atoms with Gasteiger partial charge in [-0.05, 0) is 0 Å². The predicted octanol–water partition coefficient (Wildman–Crippen LogP) is 7.10. The summed E-state index contributed by atoms with van der Waals surface area (Å²) in [4.78, 5) is 9.64. The molecule has 0 bridgehead atoms. The van der Waals surface area contributed by atoms with Crippen molar-refractivity contribution in [3.05, 3.63) is 114 Å². The Morgan fingerprint density at radius 2 is 1.47 bits per heavy atom. The maximum atomic E-state index is 4.85. The Bertz CT molecular complexity index is 2390. The van der Waals surface area contributed by atoms with E-state index in [-0.39, 0.29) is 20.4 Å². The molecule has 6 heteroatoms. The van der Waals surface area contributed by atoms with E-state index in [1.54, 1.807) is 0 Å². The molecule has 0 fully saturated rings. The fourth-order valence-electron chi connectivity index (χ4n) is 6.21. The fourth-order valence-corrected chi connectivity index (χ4v) is 8.11. The average Bonchev–Trinajstić information content (AvgIpc) is 3.54. The zero-order chi connectivity index (χ0) is 29.5. The topological polar surface area (TPSA) is 48.0 Å². The van der Waals surface area contributed by atoms with Crippen molar-refractivity contribution in [1.82, 2.24) is 24.1 Å². The van der Waals surface area contributed by atoms with Crippen molar-refractivity contribution in [1.29, 1.82) is 0 Å². The summed E-state index contributed by atoms with van der Waals surface area (Å²) in [5.74, 6) is 0.785. The summed E-state index contributed by atoms with van der Waals surface area (Å²) in [7, 11) is 0. The number of hydrogen-bond donors (Lipinski definition) is 0. The SMILES string of the molecule is Cc1ccc2c(c1)c1ccc([Se]c3cccc(-n4c5ccc(C(C)(C)C)cc5c5cccnc54)c3)cc1n1nc(C)nc21. The van der Waals surface area contributed by atoms with Gasteiger partial charge in [0.1, 0.15) is 0 Å². The first-order valence-corrected chi connectivity index (χ1v) is 16.3. The van der Waals surface area contributed by atoms with Crippen LogP contribution in [-0.2, 0) is 5.41 Å². The molecule has 0 spiro atoms. The number of hydrogen-bond acceptors (Lipinski definition) is 3. The second-order valence-corrected chi connectivity index (χ2v) is 14.8. The number of nitrogens with zero attached hydrogens (tertiary/aromatic N) is 5. The molecule has 0 saturated heterocycles. The van der Waals surface area contributed by atoms with Crippen LogP contribution < -0.4 is 8.92 Å². The number of aryl methyl sites for hydroxylation is 2. The maximum absolute atomic E-state index is 4.85. The Morgan fingerprint density at radius 1 is 0.651 bits per heavy atom. The van der Waals surface area contributed by atoms with Gasteiger partial charge in [0.25, 0.3) is 0 Å². The van der Waals surface area contributed by atoms with E-state index in [2.05, 4.69) is 117 Å². The molecule has 4 aromatic heterocycles. The van der Waals surface area contributed by atoms with Crippen LogP contribution in [0.3, 0.4) is 0 Å². The molecule has 8 aromatic rings. The van der Waals surface area contributed by atoms with E-state index in [1.807, 2.05) is 23.7 Å². The van der Waals surface area contributed by atoms with Gasteiger partial charge in [-0.25, -0.2) is 0 Å². The molecule has 8 rings (SSSR count). The minimum absolute atomic E-state index is 0.0781. The molecule has 210 valence electrons. The van der Waals surface area contributed by atoms with Gasteiger partial charge in [0, 0.05) is 0 Å². The first-order valence-electron chi connectivity index (χ1n) is 14.6. The van der Waals surface area contributed by atoms with E-state index in [1.165, 1.54) is 47.1 Å². The van der Waals surface area contributed by atoms with Crippen molar-refractivity contribution in [2.75, 3.05) is 0 Å². The summed E-state index contributed by atoms with van der Waals surface area (Å²) in [6, 6.07) is 33.5. The van der Waals surface area contributed by atoms with Crippen molar-refractivity contribution in [3.8, 4) is 5.69 Å². The van der Waals surface area contributed by atoms with Crippen molar-refractivity contribution < 1.29 is 0 Å². The summed E-state index contributed by atoms with van der Waals surface area (Å²) in [6.45, 7) is 10.9. The van der Waals surface area contributed by atoms with E-state index < -0.39 is 0 Å². The number of benzene rings is 4. The molecule has 0 unspecified atom stereocenters. The molecular weight excluding hydrogens is 593 g/mol. The van der Waals surface area contributed by atoms with E-state index in [0.717, 1.165) is 33.7 Å². The van der Waals surface area contributed by atoms with Crippen LogP contribution in [-0.4, -0.2) is 39.1 Å². The van der Waals surface area contributed by atoms with Gasteiger partial charge in [-0.2, -0.15) is 0 Å². The third-order valence-electron chi connectivity index (χ3n) is 8.32. The van der Waals surface area contributed by atoms with Gasteiger partial charge in [-0.15, -0.1) is 0 Å². The van der Waals surface area contributed by atoms with Crippen LogP contribution in [0.1, 0.15) is 37.7 Å². The van der Waals surface area contributed by atoms with Crippen LogP contribution in [0.4, 0.5) is 0 Å². The zero-order valence-corrected chi connectivity index (χ0v) is 26.6. The summed E-state index contributed by atoms with van der Waals surface area (Å²) < 4.78 is 6.94. The number of fused-ring (bicyclic) bond motifs is 9. The van der Waals surface area contributed by atoms with Gasteiger partial charge in [0.2, 0.25) is 0 Å². The van der Waals surface area contributed by atoms with Crippen LogP contribution in [0.2, 0.25) is 0 Å². The van der Waals surface area contributed by atoms with Crippen LogP contribution in [0, 0.1) is 13.8 Å². The predicted molar refractivity (Wildman–Crippen MR) is 180 cm³/mol. The molecule has 0 atom stereocenters. The zero-order valence-electron chi connectivity index (χ0n) is 24.9. The summed E-state index contributed by atoms with van der Waals surface area (Å²) in [6.07, 6.45) is 1.89. The first-order chi connectivity index (χ1) is 20.7. The summed E-state index contributed by atoms with van der Waals surface area (Å²) >= 11 is 0.0965. The van der Waals surface area contributed by atoms with E-state index in [0.29, 0.717) is 0 Å². The summed E-state index contributed by atoms with van der Waals surface area (Å²) in [5.41, 5.74) is 7.98. The fraction of sp³-hybridized carbons (Fsp3) is 0.162. The molecule has 0 radical (unpaired) electrons. The molecular formula is C37H31N5Se. The standard InChI is InChI=1S/C37H31N5Se/c1-22-11-14-30-31(18-22)28-15-13-27(21-34(28)42-36(30)39-23(2)40-42)43-26-9-6-8-25(20-26)41-33-16-12-24(37(3,4)5)19-32(33)29-10-7-17-38-35(29)41/h6-21H,1-5H3. The molecule has 0 saturated carbocycles. The second kappa shape index (κ2) is 9.50. The molecule has 4 aromatic carbocycles. The van der Waals surface area contributed by atoms with Crippen LogP contribution in [0.5, 0.6) is 0 Å². The Balaban J connectivity index is 1.25. The first kappa shape index (κ1) is 26.1. The van der Waals surface area contributed by atoms with Crippen LogP contribution in [0.25, 0.3) is 54.9 Å². The summed E-state index contributed by atoms with van der Waals surface area (Å²) in [5, 5.41) is 10.8. The molecule has 0 aliphatic rings. The Hall–Kier alpha value is -4.51. The van der Waals surface area contributed by atoms with Gasteiger partial charge in [0.05, 0.1) is 0 Å². The van der Waals surface area contributed by atoms with E-state index in [4.69, 9.17) is 15.1 Å². The molecule has 0 aliphatic heterocycles. The molecule has 5 nitrogen and oxygen atoms in total. The van der Waals surface area contributed by atoms with Gasteiger partial charge in [0.15, 0.2) is 0 Å². The molecule has 0 N–H and O–H groups in total. The second-order valence-electron chi connectivity index (χ2n) is 12.4. The molecule has 43 heavy (non-hydrogen) atoms. The molecule has 0 amide bonds. The Labute approximate surface area is 256 Å². The monoisotopic (exact) mass is 625 g/mol. The quantitative estimate of drug-likeness (QED) is 0.156. The molecule has 4 heterocycles. The van der Waals surface area contributed by atoms with Gasteiger partial charge in [-0.1, -0.05) is 0 Å². The molecule has 0 aliphatic carbocycles. The average molecular weight is 625 g/mol. The van der Waals surface area contributed by atoms with Crippen molar-refractivity contribution in [2.45, 2.75) is 40.0 Å². The van der Waals surface area contributed by atoms with E-state index >= 15 is 0 Å². The van der Waals surface area contributed by atoms with Crippen molar-refractivity contribution in [2.24, 2.45) is 0 Å². The minimum atomic E-state index is 0.0781. The van der Waals surface area contributed by atoms with Gasteiger partial charge in [-0.3, -0.25) is 0 Å². The van der Waals surface area contributed by atoms with Crippen LogP contribution in [0.15, 0.2) is 97.2 Å². The van der Waals surface area contributed by atoms with E-state index in [9.17, 15) is 0 Å². The third kappa shape index (κ3) is 4.24. The van der Waals surface area contributed by atoms with Crippen molar-refractivity contribution in [3.63, 3.8) is 0 Å². The Morgan fingerprint density at radius 3 is 2.33 bits per heavy atom. The third-order valence-corrected chi connectivity index (χ3v) is 10.4. The number of pyridine rings is 2. The van der Waals surface area contributed by atoms with Gasteiger partial charge < -0.3 is 0 Å². The number of rotatable bonds is 3. The van der Waals surface area contributed by atoms with Gasteiger partial charge >= 0.3 is 257 Å². The normalized spacial score (nSPS) is 12.4. The van der Waals surface area contributed by atoms with Crippen molar-refractivity contribution >= 4 is 73.1 Å².